The molecule has 0 spiro atoms. The lowest BCUT2D eigenvalue weighted by atomic mass is 10.2. The third kappa shape index (κ3) is 3.91. The monoisotopic (exact) mass is 426 g/mol. The van der Waals surface area contributed by atoms with Gasteiger partial charge in [0.2, 0.25) is 5.91 Å². The molecule has 0 radical (unpaired) electrons. The van der Waals surface area contributed by atoms with Gasteiger partial charge in [0.1, 0.15) is 5.69 Å². The molecule has 2 N–H and O–H groups in total. The fourth-order valence-electron chi connectivity index (χ4n) is 3.64. The number of piperazine rings is 1. The molecule has 0 saturated carbocycles. The van der Waals surface area contributed by atoms with Crippen LogP contribution >= 0.6 is 22.9 Å². The standard InChI is InChI=1S/C20H19ClN6OS/c21-19-2-1-18(29-19)17-8-15(24-25-17)10-26-5-6-27(20(28)12-26)11-14-7-13-9-22-4-3-16(13)23-14/h1-4,7-9,23H,5-6,10-12H2,(H,24,25). The van der Waals surface area contributed by atoms with Gasteiger partial charge in [0, 0.05) is 54.3 Å². The van der Waals surface area contributed by atoms with E-state index >= 15 is 0 Å². The van der Waals surface area contributed by atoms with E-state index in [0.717, 1.165) is 43.7 Å². The molecular weight excluding hydrogens is 408 g/mol. The third-order valence-corrected chi connectivity index (χ3v) is 6.34. The predicted octanol–water partition coefficient (Wildman–Crippen LogP) is 3.51. The van der Waals surface area contributed by atoms with Gasteiger partial charge in [0.05, 0.1) is 22.3 Å². The molecule has 5 heterocycles. The number of halogens is 1. The van der Waals surface area contributed by atoms with Crippen LogP contribution in [0.15, 0.2) is 42.7 Å². The first-order valence-electron chi connectivity index (χ1n) is 9.36. The Balaban J connectivity index is 1.20. The number of fused-ring (bicyclic) bond motifs is 1. The SMILES string of the molecule is O=C1CN(Cc2cc(-c3ccc(Cl)s3)n[nH]2)CCN1Cc1cc2cnccc2[nH]1. The van der Waals surface area contributed by atoms with Gasteiger partial charge < -0.3 is 9.88 Å². The first-order chi connectivity index (χ1) is 14.1. The van der Waals surface area contributed by atoms with Crippen LogP contribution in [0.5, 0.6) is 0 Å². The molecule has 1 saturated heterocycles. The van der Waals surface area contributed by atoms with Crippen LogP contribution in [-0.4, -0.2) is 55.5 Å². The molecule has 4 aromatic heterocycles. The summed E-state index contributed by atoms with van der Waals surface area (Å²) >= 11 is 7.51. The highest BCUT2D eigenvalue weighted by Gasteiger charge is 2.25. The zero-order valence-corrected chi connectivity index (χ0v) is 17.1. The van der Waals surface area contributed by atoms with Gasteiger partial charge in [-0.3, -0.25) is 19.8 Å². The molecule has 0 aliphatic carbocycles. The molecule has 1 fully saturated rings. The lowest BCUT2D eigenvalue weighted by Crippen LogP contribution is -2.49. The van der Waals surface area contributed by atoms with Gasteiger partial charge in [-0.1, -0.05) is 11.6 Å². The van der Waals surface area contributed by atoms with Crippen molar-refractivity contribution in [1.29, 1.82) is 0 Å². The minimum atomic E-state index is 0.137. The average molecular weight is 427 g/mol. The average Bonchev–Trinajstić information content (AvgIpc) is 3.43. The number of carbonyl (C=O) groups excluding carboxylic acids is 1. The molecule has 29 heavy (non-hydrogen) atoms. The van der Waals surface area contributed by atoms with E-state index in [1.807, 2.05) is 35.4 Å². The normalized spacial score (nSPS) is 15.5. The molecule has 0 unspecified atom stereocenters. The molecule has 5 rings (SSSR count). The van der Waals surface area contributed by atoms with Crippen LogP contribution in [-0.2, 0) is 17.9 Å². The minimum Gasteiger partial charge on any atom is -0.357 e. The summed E-state index contributed by atoms with van der Waals surface area (Å²) in [6, 6.07) is 9.87. The number of hydrogen-bond donors (Lipinski definition) is 2. The number of rotatable bonds is 5. The summed E-state index contributed by atoms with van der Waals surface area (Å²) in [6.45, 7) is 3.19. The Morgan fingerprint density at radius 1 is 1.14 bits per heavy atom. The van der Waals surface area contributed by atoms with Gasteiger partial charge >= 0.3 is 0 Å². The van der Waals surface area contributed by atoms with Crippen LogP contribution in [0.4, 0.5) is 0 Å². The molecule has 0 aromatic carbocycles. The Morgan fingerprint density at radius 2 is 2.07 bits per heavy atom. The Kier molecular flexibility index (Phi) is 4.83. The lowest BCUT2D eigenvalue weighted by Gasteiger charge is -2.33. The number of amides is 1. The predicted molar refractivity (Wildman–Crippen MR) is 114 cm³/mol. The summed E-state index contributed by atoms with van der Waals surface area (Å²) in [5.74, 6) is 0.137. The maximum Gasteiger partial charge on any atom is 0.237 e. The van der Waals surface area contributed by atoms with E-state index in [1.165, 1.54) is 11.3 Å². The fraction of sp³-hybridized carbons (Fsp3) is 0.250. The zero-order valence-electron chi connectivity index (χ0n) is 15.6. The van der Waals surface area contributed by atoms with E-state index in [0.29, 0.717) is 26.2 Å². The van der Waals surface area contributed by atoms with Gasteiger partial charge in [-0.15, -0.1) is 11.3 Å². The van der Waals surface area contributed by atoms with Crippen LogP contribution in [0.25, 0.3) is 21.5 Å². The summed E-state index contributed by atoms with van der Waals surface area (Å²) in [4.78, 5) is 25.3. The zero-order chi connectivity index (χ0) is 19.8. The Morgan fingerprint density at radius 3 is 2.86 bits per heavy atom. The van der Waals surface area contributed by atoms with Crippen LogP contribution in [0.3, 0.4) is 0 Å². The third-order valence-electron chi connectivity index (χ3n) is 5.09. The Bertz CT molecular complexity index is 1130. The molecule has 1 aliphatic heterocycles. The number of aromatic nitrogens is 4. The number of nitrogens with one attached hydrogen (secondary N) is 2. The van der Waals surface area contributed by atoms with Crippen molar-refractivity contribution in [3.05, 3.63) is 58.4 Å². The van der Waals surface area contributed by atoms with Crippen molar-refractivity contribution in [1.82, 2.24) is 30.0 Å². The van der Waals surface area contributed by atoms with Crippen LogP contribution in [0, 0.1) is 0 Å². The smallest absolute Gasteiger partial charge is 0.237 e. The quantitative estimate of drug-likeness (QED) is 0.511. The molecule has 148 valence electrons. The maximum atomic E-state index is 12.7. The van der Waals surface area contributed by atoms with E-state index < -0.39 is 0 Å². The summed E-state index contributed by atoms with van der Waals surface area (Å²) in [5.41, 5.74) is 3.95. The summed E-state index contributed by atoms with van der Waals surface area (Å²) in [7, 11) is 0. The van der Waals surface area contributed by atoms with Crippen molar-refractivity contribution >= 4 is 39.7 Å². The number of carbonyl (C=O) groups is 1. The van der Waals surface area contributed by atoms with Gasteiger partial charge in [-0.2, -0.15) is 5.10 Å². The van der Waals surface area contributed by atoms with Crippen LogP contribution in [0.2, 0.25) is 4.34 Å². The number of nitrogens with zero attached hydrogens (tertiary/aromatic N) is 4. The summed E-state index contributed by atoms with van der Waals surface area (Å²) < 4.78 is 0.748. The highest BCUT2D eigenvalue weighted by Crippen LogP contribution is 2.30. The molecule has 1 aliphatic rings. The second kappa shape index (κ2) is 7.62. The number of thiophene rings is 1. The van der Waals surface area contributed by atoms with Gasteiger partial charge in [0.15, 0.2) is 0 Å². The molecular formula is C20H19ClN6OS. The second-order valence-electron chi connectivity index (χ2n) is 7.17. The Labute approximate surface area is 176 Å². The maximum absolute atomic E-state index is 12.7. The molecule has 0 bridgehead atoms. The topological polar surface area (TPSA) is 80.9 Å². The molecule has 7 nitrogen and oxygen atoms in total. The van der Waals surface area contributed by atoms with Crippen molar-refractivity contribution < 1.29 is 4.79 Å². The van der Waals surface area contributed by atoms with Crippen molar-refractivity contribution in [3.63, 3.8) is 0 Å². The summed E-state index contributed by atoms with van der Waals surface area (Å²) in [6.07, 6.45) is 3.60. The van der Waals surface area contributed by atoms with Crippen molar-refractivity contribution in [2.24, 2.45) is 0 Å². The van der Waals surface area contributed by atoms with E-state index in [9.17, 15) is 4.79 Å². The fourth-order valence-corrected chi connectivity index (χ4v) is 4.65. The van der Waals surface area contributed by atoms with E-state index in [1.54, 1.807) is 6.20 Å². The first kappa shape index (κ1) is 18.4. The van der Waals surface area contributed by atoms with Crippen LogP contribution in [0.1, 0.15) is 11.4 Å². The van der Waals surface area contributed by atoms with E-state index in [-0.39, 0.29) is 5.91 Å². The number of pyridine rings is 1. The highest BCUT2D eigenvalue weighted by molar-refractivity contribution is 7.19. The van der Waals surface area contributed by atoms with Crippen LogP contribution < -0.4 is 0 Å². The van der Waals surface area contributed by atoms with Gasteiger partial charge in [0.25, 0.3) is 0 Å². The second-order valence-corrected chi connectivity index (χ2v) is 8.88. The van der Waals surface area contributed by atoms with E-state index in [2.05, 4.69) is 31.1 Å². The highest BCUT2D eigenvalue weighted by atomic mass is 35.5. The number of H-pyrrole nitrogens is 2. The van der Waals surface area contributed by atoms with Crippen molar-refractivity contribution in [2.45, 2.75) is 13.1 Å². The van der Waals surface area contributed by atoms with Gasteiger partial charge in [-0.25, -0.2) is 0 Å². The number of aromatic amines is 2. The van der Waals surface area contributed by atoms with Crippen molar-refractivity contribution in [3.8, 4) is 10.6 Å². The Hall–Kier alpha value is -2.68. The molecule has 1 amide bonds. The van der Waals surface area contributed by atoms with Gasteiger partial charge in [-0.05, 0) is 30.3 Å². The number of hydrogen-bond acceptors (Lipinski definition) is 5. The molecule has 9 heteroatoms. The minimum absolute atomic E-state index is 0.137. The van der Waals surface area contributed by atoms with E-state index in [4.69, 9.17) is 11.6 Å². The summed E-state index contributed by atoms with van der Waals surface area (Å²) in [5, 5.41) is 8.51. The van der Waals surface area contributed by atoms with Crippen molar-refractivity contribution in [2.75, 3.05) is 19.6 Å². The lowest BCUT2D eigenvalue weighted by molar-refractivity contribution is -0.137. The first-order valence-corrected chi connectivity index (χ1v) is 10.6. The largest absolute Gasteiger partial charge is 0.357 e. The molecule has 0 atom stereocenters. The molecule has 4 aromatic rings.